The van der Waals surface area contributed by atoms with Crippen molar-refractivity contribution in [3.63, 3.8) is 0 Å². The van der Waals surface area contributed by atoms with Crippen LogP contribution in [0.2, 0.25) is 0 Å². The van der Waals surface area contributed by atoms with Gasteiger partial charge in [-0.3, -0.25) is 4.98 Å². The van der Waals surface area contributed by atoms with Gasteiger partial charge in [0, 0.05) is 36.1 Å². The summed E-state index contributed by atoms with van der Waals surface area (Å²) in [4.78, 5) is 7.02. The van der Waals surface area contributed by atoms with Crippen LogP contribution in [0.25, 0.3) is 10.9 Å². The Labute approximate surface area is 113 Å². The zero-order valence-electron chi connectivity index (χ0n) is 11.3. The lowest BCUT2D eigenvalue weighted by Crippen LogP contribution is -2.20. The van der Waals surface area contributed by atoms with E-state index in [4.69, 9.17) is 0 Å². The molecule has 0 unspecified atom stereocenters. The minimum Gasteiger partial charge on any atom is -0.373 e. The van der Waals surface area contributed by atoms with Crippen LogP contribution in [0.15, 0.2) is 30.3 Å². The summed E-state index contributed by atoms with van der Waals surface area (Å²) in [5, 5.41) is 1.25. The Balaban J connectivity index is 2.46. The standard InChI is InChI=1S/C15H20N2S/c1-4-12-11-15(17(2)9-10-18-3)13-7-5-6-8-14(13)16-12/h5-8,11H,4,9-10H2,1-3H3. The molecule has 0 aliphatic heterocycles. The molecule has 18 heavy (non-hydrogen) atoms. The molecule has 2 rings (SSSR count). The Morgan fingerprint density at radius 1 is 1.28 bits per heavy atom. The van der Waals surface area contributed by atoms with E-state index < -0.39 is 0 Å². The Bertz CT molecular complexity index is 525. The summed E-state index contributed by atoms with van der Waals surface area (Å²) in [5.74, 6) is 1.15. The molecule has 0 radical (unpaired) electrons. The molecule has 1 heterocycles. The van der Waals surface area contributed by atoms with Crippen LogP contribution in [0.4, 0.5) is 5.69 Å². The Kier molecular flexibility index (Phi) is 4.48. The third kappa shape index (κ3) is 2.78. The molecule has 0 atom stereocenters. The highest BCUT2D eigenvalue weighted by Gasteiger charge is 2.08. The first kappa shape index (κ1) is 13.2. The first-order valence-corrected chi connectivity index (χ1v) is 7.74. The predicted molar refractivity (Wildman–Crippen MR) is 82.8 cm³/mol. The zero-order chi connectivity index (χ0) is 13.0. The summed E-state index contributed by atoms with van der Waals surface area (Å²) in [6.45, 7) is 3.22. The summed E-state index contributed by atoms with van der Waals surface area (Å²) < 4.78 is 0. The average Bonchev–Trinajstić information content (AvgIpc) is 2.43. The number of hydrogen-bond donors (Lipinski definition) is 0. The highest BCUT2D eigenvalue weighted by molar-refractivity contribution is 7.98. The van der Waals surface area contributed by atoms with E-state index >= 15 is 0 Å². The maximum atomic E-state index is 4.69. The number of hydrogen-bond acceptors (Lipinski definition) is 3. The predicted octanol–water partition coefficient (Wildman–Crippen LogP) is 3.60. The molecule has 0 aliphatic rings. The smallest absolute Gasteiger partial charge is 0.0726 e. The average molecular weight is 260 g/mol. The molecule has 0 N–H and O–H groups in total. The minimum absolute atomic E-state index is 0.980. The van der Waals surface area contributed by atoms with E-state index in [1.54, 1.807) is 0 Å². The van der Waals surface area contributed by atoms with E-state index in [0.29, 0.717) is 0 Å². The van der Waals surface area contributed by atoms with Crippen molar-refractivity contribution in [3.8, 4) is 0 Å². The topological polar surface area (TPSA) is 16.1 Å². The van der Waals surface area contributed by atoms with E-state index in [-0.39, 0.29) is 0 Å². The number of thioether (sulfide) groups is 1. The molecule has 3 heteroatoms. The third-order valence-corrected chi connectivity index (χ3v) is 3.74. The van der Waals surface area contributed by atoms with Crippen molar-refractivity contribution >= 4 is 28.4 Å². The lowest BCUT2D eigenvalue weighted by molar-refractivity contribution is 0.971. The van der Waals surface area contributed by atoms with Crippen molar-refractivity contribution in [1.29, 1.82) is 0 Å². The first-order chi connectivity index (χ1) is 8.76. The highest BCUT2D eigenvalue weighted by atomic mass is 32.2. The van der Waals surface area contributed by atoms with Gasteiger partial charge in [-0.2, -0.15) is 11.8 Å². The second-order valence-electron chi connectivity index (χ2n) is 4.42. The number of fused-ring (bicyclic) bond motifs is 1. The van der Waals surface area contributed by atoms with Crippen molar-refractivity contribution < 1.29 is 0 Å². The summed E-state index contributed by atoms with van der Waals surface area (Å²) in [7, 11) is 2.16. The van der Waals surface area contributed by atoms with E-state index in [9.17, 15) is 0 Å². The number of aromatic nitrogens is 1. The van der Waals surface area contributed by atoms with Gasteiger partial charge in [0.25, 0.3) is 0 Å². The maximum absolute atomic E-state index is 4.69. The van der Waals surface area contributed by atoms with Crippen molar-refractivity contribution in [2.45, 2.75) is 13.3 Å². The molecule has 0 aliphatic carbocycles. The molecule has 0 saturated carbocycles. The van der Waals surface area contributed by atoms with Gasteiger partial charge in [-0.05, 0) is 24.8 Å². The van der Waals surface area contributed by atoms with Crippen LogP contribution in [-0.2, 0) is 6.42 Å². The van der Waals surface area contributed by atoms with Gasteiger partial charge in [0.15, 0.2) is 0 Å². The number of aryl methyl sites for hydroxylation is 1. The summed E-state index contributed by atoms with van der Waals surface area (Å²) in [6.07, 6.45) is 3.13. The van der Waals surface area contributed by atoms with Gasteiger partial charge >= 0.3 is 0 Å². The fourth-order valence-electron chi connectivity index (χ4n) is 2.06. The molecule has 1 aromatic heterocycles. The van der Waals surface area contributed by atoms with Gasteiger partial charge in [0.1, 0.15) is 0 Å². The number of pyridine rings is 1. The van der Waals surface area contributed by atoms with Crippen LogP contribution < -0.4 is 4.90 Å². The number of rotatable bonds is 5. The Hall–Kier alpha value is -1.22. The minimum atomic E-state index is 0.980. The van der Waals surface area contributed by atoms with Crippen molar-refractivity contribution in [2.24, 2.45) is 0 Å². The van der Waals surface area contributed by atoms with Crippen LogP contribution in [-0.4, -0.2) is 30.6 Å². The van der Waals surface area contributed by atoms with Crippen molar-refractivity contribution in [2.75, 3.05) is 30.5 Å². The number of anilines is 1. The summed E-state index contributed by atoms with van der Waals surface area (Å²) >= 11 is 1.88. The van der Waals surface area contributed by atoms with E-state index in [1.807, 2.05) is 11.8 Å². The quantitative estimate of drug-likeness (QED) is 0.817. The SMILES string of the molecule is CCc1cc(N(C)CCSC)c2ccccc2n1. The van der Waals surface area contributed by atoms with Crippen molar-refractivity contribution in [3.05, 3.63) is 36.0 Å². The molecule has 0 spiro atoms. The normalized spacial score (nSPS) is 10.8. The van der Waals surface area contributed by atoms with Crippen LogP contribution in [0.5, 0.6) is 0 Å². The van der Waals surface area contributed by atoms with Crippen LogP contribution in [0.3, 0.4) is 0 Å². The van der Waals surface area contributed by atoms with Gasteiger partial charge in [0.2, 0.25) is 0 Å². The Morgan fingerprint density at radius 3 is 2.78 bits per heavy atom. The number of nitrogens with zero attached hydrogens (tertiary/aromatic N) is 2. The first-order valence-electron chi connectivity index (χ1n) is 6.35. The van der Waals surface area contributed by atoms with E-state index in [0.717, 1.165) is 24.2 Å². The monoisotopic (exact) mass is 260 g/mol. The number of benzene rings is 1. The van der Waals surface area contributed by atoms with Crippen LogP contribution >= 0.6 is 11.8 Å². The molecule has 2 aromatic rings. The maximum Gasteiger partial charge on any atom is 0.0726 e. The van der Waals surface area contributed by atoms with E-state index in [1.165, 1.54) is 16.8 Å². The fourth-order valence-corrected chi connectivity index (χ4v) is 2.51. The van der Waals surface area contributed by atoms with Crippen LogP contribution in [0.1, 0.15) is 12.6 Å². The molecular formula is C15H20N2S. The zero-order valence-corrected chi connectivity index (χ0v) is 12.1. The lowest BCUT2D eigenvalue weighted by Gasteiger charge is -2.21. The van der Waals surface area contributed by atoms with Crippen molar-refractivity contribution in [1.82, 2.24) is 4.98 Å². The molecule has 0 amide bonds. The van der Waals surface area contributed by atoms with Gasteiger partial charge in [-0.1, -0.05) is 25.1 Å². The van der Waals surface area contributed by atoms with Gasteiger partial charge in [-0.15, -0.1) is 0 Å². The van der Waals surface area contributed by atoms with Gasteiger partial charge in [0.05, 0.1) is 5.52 Å². The molecular weight excluding hydrogens is 240 g/mol. The fraction of sp³-hybridized carbons (Fsp3) is 0.400. The Morgan fingerprint density at radius 2 is 2.06 bits per heavy atom. The molecule has 96 valence electrons. The summed E-state index contributed by atoms with van der Waals surface area (Å²) in [5.41, 5.74) is 3.56. The van der Waals surface area contributed by atoms with Crippen LogP contribution in [0, 0.1) is 0 Å². The molecule has 2 nitrogen and oxygen atoms in total. The third-order valence-electron chi connectivity index (χ3n) is 3.15. The molecule has 1 aromatic carbocycles. The van der Waals surface area contributed by atoms with Gasteiger partial charge < -0.3 is 4.90 Å². The molecule has 0 bridgehead atoms. The number of para-hydroxylation sites is 1. The largest absolute Gasteiger partial charge is 0.373 e. The second-order valence-corrected chi connectivity index (χ2v) is 5.40. The summed E-state index contributed by atoms with van der Waals surface area (Å²) in [6, 6.07) is 10.6. The molecule has 0 saturated heterocycles. The second kappa shape index (κ2) is 6.10. The molecule has 0 fully saturated rings. The lowest BCUT2D eigenvalue weighted by atomic mass is 10.1. The highest BCUT2D eigenvalue weighted by Crippen LogP contribution is 2.26. The van der Waals surface area contributed by atoms with E-state index in [2.05, 4.69) is 60.4 Å². The van der Waals surface area contributed by atoms with Gasteiger partial charge in [-0.25, -0.2) is 0 Å².